The molecule has 1 aromatic rings. The van der Waals surface area contributed by atoms with Crippen LogP contribution in [0.1, 0.15) is 75.6 Å². The topological polar surface area (TPSA) is 78.7 Å². The van der Waals surface area contributed by atoms with E-state index in [1.54, 1.807) is 4.90 Å². The van der Waals surface area contributed by atoms with E-state index in [-0.39, 0.29) is 17.6 Å². The Bertz CT molecular complexity index is 857. The number of carbonyl (C=O) groups excluding carboxylic acids is 2. The highest BCUT2D eigenvalue weighted by Gasteiger charge is 2.42. The predicted molar refractivity (Wildman–Crippen MR) is 136 cm³/mol. The lowest BCUT2D eigenvalue weighted by Crippen LogP contribution is -2.58. The van der Waals surface area contributed by atoms with Gasteiger partial charge >= 0.3 is 0 Å². The highest BCUT2D eigenvalue weighted by atomic mass is 19.1. The first kappa shape index (κ1) is 26.1. The third-order valence-electron chi connectivity index (χ3n) is 8.08. The number of nitrogens with two attached hydrogens (primary N) is 1. The van der Waals surface area contributed by atoms with E-state index in [4.69, 9.17) is 5.73 Å². The number of benzene rings is 1. The number of rotatable bonds is 9. The maximum absolute atomic E-state index is 13.6. The molecule has 0 radical (unpaired) electrons. The Morgan fingerprint density at radius 1 is 1.06 bits per heavy atom. The van der Waals surface area contributed by atoms with Gasteiger partial charge in [-0.15, -0.1) is 0 Å². The van der Waals surface area contributed by atoms with Gasteiger partial charge in [-0.25, -0.2) is 4.39 Å². The quantitative estimate of drug-likeness (QED) is 0.557. The average Bonchev–Trinajstić information content (AvgIpc) is 3.71. The molecule has 3 unspecified atom stereocenters. The maximum atomic E-state index is 13.6. The molecule has 4 atom stereocenters. The molecular formula is C28H43FN4O2. The molecule has 4 rings (SSSR count). The maximum Gasteiger partial charge on any atom is 0.254 e. The van der Waals surface area contributed by atoms with Crippen LogP contribution in [-0.2, 0) is 4.79 Å². The fourth-order valence-electron chi connectivity index (χ4n) is 6.09. The summed E-state index contributed by atoms with van der Waals surface area (Å²) in [6.45, 7) is 7.41. The molecule has 6 nitrogen and oxygen atoms in total. The molecule has 0 aromatic heterocycles. The van der Waals surface area contributed by atoms with Gasteiger partial charge in [0.05, 0.1) is 0 Å². The van der Waals surface area contributed by atoms with E-state index in [0.29, 0.717) is 61.5 Å². The third kappa shape index (κ3) is 6.82. The van der Waals surface area contributed by atoms with Gasteiger partial charge in [0, 0.05) is 37.3 Å². The van der Waals surface area contributed by atoms with E-state index < -0.39 is 6.04 Å². The zero-order valence-electron chi connectivity index (χ0n) is 21.4. The van der Waals surface area contributed by atoms with Crippen LogP contribution in [0.2, 0.25) is 0 Å². The van der Waals surface area contributed by atoms with Crippen molar-refractivity contribution < 1.29 is 14.0 Å². The first-order valence-electron chi connectivity index (χ1n) is 13.7. The first-order chi connectivity index (χ1) is 16.9. The summed E-state index contributed by atoms with van der Waals surface area (Å²) in [6, 6.07) is 6.06. The molecule has 194 valence electrons. The molecule has 1 aromatic carbocycles. The van der Waals surface area contributed by atoms with Gasteiger partial charge in [0.1, 0.15) is 11.9 Å². The smallest absolute Gasteiger partial charge is 0.254 e. The number of nitrogens with one attached hydrogen (secondary N) is 1. The minimum Gasteiger partial charge on any atom is -0.354 e. The monoisotopic (exact) mass is 486 g/mol. The molecule has 3 N–H and O–H groups in total. The Kier molecular flexibility index (Phi) is 8.82. The molecule has 35 heavy (non-hydrogen) atoms. The summed E-state index contributed by atoms with van der Waals surface area (Å²) in [5, 5.41) is 3.21. The molecule has 2 saturated carbocycles. The van der Waals surface area contributed by atoms with Crippen molar-refractivity contribution in [1.82, 2.24) is 15.1 Å². The largest absolute Gasteiger partial charge is 0.354 e. The van der Waals surface area contributed by atoms with Crippen LogP contribution in [0.15, 0.2) is 24.3 Å². The molecule has 1 heterocycles. The van der Waals surface area contributed by atoms with Gasteiger partial charge in [-0.1, -0.05) is 20.3 Å². The second-order valence-electron chi connectivity index (χ2n) is 11.4. The molecule has 7 heteroatoms. The molecule has 1 saturated heterocycles. The Balaban J connectivity index is 1.47. The number of halogens is 1. The highest BCUT2D eigenvalue weighted by molar-refractivity contribution is 5.97. The van der Waals surface area contributed by atoms with Crippen molar-refractivity contribution in [3.05, 3.63) is 35.6 Å². The van der Waals surface area contributed by atoms with Crippen LogP contribution in [0.4, 0.5) is 4.39 Å². The summed E-state index contributed by atoms with van der Waals surface area (Å²) >= 11 is 0. The van der Waals surface area contributed by atoms with Crippen LogP contribution >= 0.6 is 0 Å². The first-order valence-corrected chi connectivity index (χ1v) is 13.7. The number of nitrogens with zero attached hydrogens (tertiary/aromatic N) is 2. The molecule has 2 amide bonds. The lowest BCUT2D eigenvalue weighted by Gasteiger charge is -2.43. The highest BCUT2D eigenvalue weighted by Crippen LogP contribution is 2.34. The van der Waals surface area contributed by atoms with Crippen molar-refractivity contribution >= 4 is 11.8 Å². The average molecular weight is 487 g/mol. The number of piperidine rings is 1. The lowest BCUT2D eigenvalue weighted by atomic mass is 9.81. The molecule has 0 bridgehead atoms. The van der Waals surface area contributed by atoms with Gasteiger partial charge in [-0.3, -0.25) is 14.5 Å². The predicted octanol–water partition coefficient (Wildman–Crippen LogP) is 3.80. The summed E-state index contributed by atoms with van der Waals surface area (Å²) in [4.78, 5) is 31.3. The number of likely N-dealkylation sites (tertiary alicyclic amines) is 1. The van der Waals surface area contributed by atoms with Crippen LogP contribution in [0.3, 0.4) is 0 Å². The Morgan fingerprint density at radius 3 is 2.43 bits per heavy atom. The van der Waals surface area contributed by atoms with E-state index in [1.807, 2.05) is 0 Å². The van der Waals surface area contributed by atoms with Crippen molar-refractivity contribution in [3.63, 3.8) is 0 Å². The molecule has 3 fully saturated rings. The Hall–Kier alpha value is -1.99. The van der Waals surface area contributed by atoms with E-state index in [9.17, 15) is 14.0 Å². The second kappa shape index (κ2) is 11.8. The summed E-state index contributed by atoms with van der Waals surface area (Å²) < 4.78 is 13.5. The number of hydrogen-bond acceptors (Lipinski definition) is 4. The lowest BCUT2D eigenvalue weighted by molar-refractivity contribution is -0.128. The number of hydrogen-bond donors (Lipinski definition) is 2. The zero-order valence-corrected chi connectivity index (χ0v) is 21.4. The summed E-state index contributed by atoms with van der Waals surface area (Å²) in [7, 11) is 0. The Morgan fingerprint density at radius 2 is 1.77 bits per heavy atom. The Labute approximate surface area is 209 Å². The van der Waals surface area contributed by atoms with Gasteiger partial charge in [0.25, 0.3) is 5.91 Å². The van der Waals surface area contributed by atoms with Gasteiger partial charge in [-0.05, 0) is 93.5 Å². The number of amides is 2. The van der Waals surface area contributed by atoms with E-state index in [2.05, 4.69) is 24.1 Å². The van der Waals surface area contributed by atoms with E-state index in [1.165, 1.54) is 43.5 Å². The summed E-state index contributed by atoms with van der Waals surface area (Å²) in [5.74, 6) is 0.942. The SMILES string of the molecule is CC(C)CN(C1CC1)C1CCN(C(=O)c2ccc(F)cc2)[C@@H](C(=O)NCC2CCCC(CN)C2)C1. The van der Waals surface area contributed by atoms with Crippen LogP contribution in [0.5, 0.6) is 0 Å². The van der Waals surface area contributed by atoms with Crippen molar-refractivity contribution in [1.29, 1.82) is 0 Å². The van der Waals surface area contributed by atoms with Crippen molar-refractivity contribution in [2.75, 3.05) is 26.2 Å². The minimum atomic E-state index is -0.506. The second-order valence-corrected chi connectivity index (χ2v) is 11.4. The van der Waals surface area contributed by atoms with Crippen LogP contribution in [0, 0.1) is 23.6 Å². The van der Waals surface area contributed by atoms with Crippen molar-refractivity contribution in [2.45, 2.75) is 83.3 Å². The van der Waals surface area contributed by atoms with Crippen molar-refractivity contribution in [2.24, 2.45) is 23.5 Å². The molecule has 2 aliphatic carbocycles. The van der Waals surface area contributed by atoms with Crippen LogP contribution in [0.25, 0.3) is 0 Å². The fourth-order valence-corrected chi connectivity index (χ4v) is 6.09. The van der Waals surface area contributed by atoms with Crippen LogP contribution in [-0.4, -0.2) is 65.9 Å². The normalized spacial score (nSPS) is 27.3. The zero-order chi connectivity index (χ0) is 24.9. The summed E-state index contributed by atoms with van der Waals surface area (Å²) in [6.07, 6.45) is 8.48. The van der Waals surface area contributed by atoms with Gasteiger partial charge in [-0.2, -0.15) is 0 Å². The molecule has 0 spiro atoms. The van der Waals surface area contributed by atoms with E-state index in [0.717, 1.165) is 32.2 Å². The third-order valence-corrected chi connectivity index (χ3v) is 8.08. The fraction of sp³-hybridized carbons (Fsp3) is 0.714. The molecule has 1 aliphatic heterocycles. The standard InChI is InChI=1S/C28H43FN4O2/c1-19(2)18-33(24-10-11-24)25-12-13-32(28(35)22-6-8-23(29)9-7-22)26(15-25)27(34)31-17-21-5-3-4-20(14-21)16-30/h6-9,19-21,24-26H,3-5,10-18,30H2,1-2H3,(H,31,34)/t20?,21?,25?,26-/m1/s1. The molecule has 3 aliphatic rings. The van der Waals surface area contributed by atoms with E-state index >= 15 is 0 Å². The van der Waals surface area contributed by atoms with Crippen LogP contribution < -0.4 is 11.1 Å². The van der Waals surface area contributed by atoms with Gasteiger partial charge in [0.2, 0.25) is 5.91 Å². The number of carbonyl (C=O) groups is 2. The minimum absolute atomic E-state index is 0.0553. The van der Waals surface area contributed by atoms with Gasteiger partial charge < -0.3 is 16.0 Å². The summed E-state index contributed by atoms with van der Waals surface area (Å²) in [5.41, 5.74) is 6.33. The van der Waals surface area contributed by atoms with Gasteiger partial charge in [0.15, 0.2) is 0 Å². The van der Waals surface area contributed by atoms with Crippen molar-refractivity contribution in [3.8, 4) is 0 Å². The molecular weight excluding hydrogens is 443 g/mol.